The van der Waals surface area contributed by atoms with Gasteiger partial charge < -0.3 is 10.2 Å². The molecule has 1 aliphatic rings. The molecule has 0 spiro atoms. The van der Waals surface area contributed by atoms with Crippen molar-refractivity contribution in [1.82, 2.24) is 9.80 Å². The number of nitrogens with zero attached hydrogens (tertiary/aromatic N) is 2. The minimum Gasteiger partial charge on any atom is -0.346 e. The zero-order chi connectivity index (χ0) is 16.9. The molecule has 0 unspecified atom stereocenters. The molecule has 0 atom stereocenters. The summed E-state index contributed by atoms with van der Waals surface area (Å²) in [7, 11) is 0. The summed E-state index contributed by atoms with van der Waals surface area (Å²) in [5, 5.41) is 4.51. The lowest BCUT2D eigenvalue weighted by molar-refractivity contribution is 0.177. The monoisotopic (exact) mass is 363 g/mol. The van der Waals surface area contributed by atoms with Crippen LogP contribution in [0.3, 0.4) is 0 Å². The van der Waals surface area contributed by atoms with Gasteiger partial charge in [-0.15, -0.1) is 0 Å². The smallest absolute Gasteiger partial charge is 0.173 e. The van der Waals surface area contributed by atoms with Crippen LogP contribution >= 0.6 is 23.8 Å². The van der Waals surface area contributed by atoms with Gasteiger partial charge in [0.15, 0.2) is 5.11 Å². The molecule has 1 N–H and O–H groups in total. The molecule has 6 heteroatoms. The van der Waals surface area contributed by atoms with Gasteiger partial charge in [-0.3, -0.25) is 4.90 Å². The van der Waals surface area contributed by atoms with E-state index in [0.29, 0.717) is 10.8 Å². The number of rotatable bonds is 3. The summed E-state index contributed by atoms with van der Waals surface area (Å²) in [6.45, 7) is 4.50. The summed E-state index contributed by atoms with van der Waals surface area (Å²) < 4.78 is 13.2. The average molecular weight is 364 g/mol. The first-order valence-electron chi connectivity index (χ1n) is 7.88. The molecule has 1 saturated heterocycles. The maximum absolute atomic E-state index is 13.2. The quantitative estimate of drug-likeness (QED) is 0.830. The van der Waals surface area contributed by atoms with E-state index < -0.39 is 0 Å². The fourth-order valence-corrected chi connectivity index (χ4v) is 3.15. The van der Waals surface area contributed by atoms with Crippen LogP contribution in [-0.4, -0.2) is 41.1 Å². The topological polar surface area (TPSA) is 18.5 Å². The van der Waals surface area contributed by atoms with Gasteiger partial charge in [0.1, 0.15) is 5.82 Å². The second-order valence-corrected chi connectivity index (χ2v) is 6.65. The first-order chi connectivity index (χ1) is 11.6. The van der Waals surface area contributed by atoms with E-state index >= 15 is 0 Å². The van der Waals surface area contributed by atoms with Crippen LogP contribution < -0.4 is 5.32 Å². The molecule has 0 saturated carbocycles. The van der Waals surface area contributed by atoms with Gasteiger partial charge in [0, 0.05) is 43.4 Å². The second kappa shape index (κ2) is 7.92. The van der Waals surface area contributed by atoms with Crippen LogP contribution in [0.2, 0.25) is 5.02 Å². The highest BCUT2D eigenvalue weighted by atomic mass is 35.5. The van der Waals surface area contributed by atoms with Crippen LogP contribution in [0.1, 0.15) is 5.56 Å². The zero-order valence-electron chi connectivity index (χ0n) is 13.2. The number of thiocarbonyl (C=S) groups is 1. The summed E-state index contributed by atoms with van der Waals surface area (Å²) in [4.78, 5) is 4.52. The Morgan fingerprint density at radius 1 is 1.08 bits per heavy atom. The standard InChI is InChI=1S/C18H19ClFN3S/c19-15-6-4-14(5-7-15)13-22-8-10-23(11-9-22)18(24)21-17-3-1-2-16(20)12-17/h1-7,12H,8-11,13H2,(H,21,24). The highest BCUT2D eigenvalue weighted by Crippen LogP contribution is 2.14. The molecule has 24 heavy (non-hydrogen) atoms. The highest BCUT2D eigenvalue weighted by molar-refractivity contribution is 7.80. The van der Waals surface area contributed by atoms with Gasteiger partial charge in [-0.2, -0.15) is 0 Å². The minimum atomic E-state index is -0.268. The van der Waals surface area contributed by atoms with Crippen LogP contribution in [0.4, 0.5) is 10.1 Å². The lowest BCUT2D eigenvalue weighted by Gasteiger charge is -2.36. The van der Waals surface area contributed by atoms with E-state index in [9.17, 15) is 4.39 Å². The molecule has 1 heterocycles. The Hall–Kier alpha value is -1.69. The van der Waals surface area contributed by atoms with Crippen LogP contribution in [0.15, 0.2) is 48.5 Å². The first-order valence-corrected chi connectivity index (χ1v) is 8.67. The molecule has 0 amide bonds. The predicted molar refractivity (Wildman–Crippen MR) is 101 cm³/mol. The number of hydrogen-bond acceptors (Lipinski definition) is 2. The molecular formula is C18H19ClFN3S. The molecular weight excluding hydrogens is 345 g/mol. The van der Waals surface area contributed by atoms with Crippen LogP contribution in [0.25, 0.3) is 0 Å². The van der Waals surface area contributed by atoms with Crippen molar-refractivity contribution in [3.05, 3.63) is 64.9 Å². The summed E-state index contributed by atoms with van der Waals surface area (Å²) in [6, 6.07) is 14.3. The van der Waals surface area contributed by atoms with Gasteiger partial charge in [-0.05, 0) is 48.1 Å². The van der Waals surface area contributed by atoms with E-state index in [1.54, 1.807) is 6.07 Å². The van der Waals surface area contributed by atoms with Crippen LogP contribution in [0, 0.1) is 5.82 Å². The van der Waals surface area contributed by atoms with Gasteiger partial charge in [-0.1, -0.05) is 29.8 Å². The fraction of sp³-hybridized carbons (Fsp3) is 0.278. The Morgan fingerprint density at radius 3 is 2.46 bits per heavy atom. The number of benzene rings is 2. The Balaban J connectivity index is 1.49. The van der Waals surface area contributed by atoms with Crippen LogP contribution in [-0.2, 0) is 6.54 Å². The van der Waals surface area contributed by atoms with Crippen molar-refractivity contribution >= 4 is 34.6 Å². The SMILES string of the molecule is Fc1cccc(NC(=S)N2CCN(Cc3ccc(Cl)cc3)CC2)c1. The van der Waals surface area contributed by atoms with E-state index in [4.69, 9.17) is 23.8 Å². The molecule has 3 nitrogen and oxygen atoms in total. The third-order valence-electron chi connectivity index (χ3n) is 4.05. The van der Waals surface area contributed by atoms with Gasteiger partial charge in [0.25, 0.3) is 0 Å². The van der Waals surface area contributed by atoms with Gasteiger partial charge in [-0.25, -0.2) is 4.39 Å². The van der Waals surface area contributed by atoms with Crippen molar-refractivity contribution in [3.63, 3.8) is 0 Å². The summed E-state index contributed by atoms with van der Waals surface area (Å²) >= 11 is 11.4. The Bertz CT molecular complexity index is 700. The van der Waals surface area contributed by atoms with Crippen molar-refractivity contribution in [2.75, 3.05) is 31.5 Å². The molecule has 2 aromatic carbocycles. The van der Waals surface area contributed by atoms with Crippen molar-refractivity contribution in [2.24, 2.45) is 0 Å². The number of nitrogens with one attached hydrogen (secondary N) is 1. The number of anilines is 1. The lowest BCUT2D eigenvalue weighted by atomic mass is 10.2. The zero-order valence-corrected chi connectivity index (χ0v) is 14.8. The normalized spacial score (nSPS) is 15.3. The molecule has 0 aliphatic carbocycles. The van der Waals surface area contributed by atoms with Crippen molar-refractivity contribution in [2.45, 2.75) is 6.54 Å². The third kappa shape index (κ3) is 4.66. The summed E-state index contributed by atoms with van der Waals surface area (Å²) in [5.74, 6) is -0.268. The summed E-state index contributed by atoms with van der Waals surface area (Å²) in [5.41, 5.74) is 1.94. The fourth-order valence-electron chi connectivity index (χ4n) is 2.73. The first kappa shape index (κ1) is 17.1. The molecule has 1 aliphatic heterocycles. The maximum atomic E-state index is 13.2. The second-order valence-electron chi connectivity index (χ2n) is 5.83. The molecule has 1 fully saturated rings. The lowest BCUT2D eigenvalue weighted by Crippen LogP contribution is -2.49. The summed E-state index contributed by atoms with van der Waals surface area (Å²) in [6.07, 6.45) is 0. The molecule has 0 aromatic heterocycles. The molecule has 3 rings (SSSR count). The third-order valence-corrected chi connectivity index (χ3v) is 4.67. The number of halogens is 2. The maximum Gasteiger partial charge on any atom is 0.173 e. The van der Waals surface area contributed by atoms with Crippen molar-refractivity contribution in [3.8, 4) is 0 Å². The number of hydrogen-bond donors (Lipinski definition) is 1. The Morgan fingerprint density at radius 2 is 1.79 bits per heavy atom. The van der Waals surface area contributed by atoms with Gasteiger partial charge in [0.05, 0.1) is 0 Å². The van der Waals surface area contributed by atoms with Gasteiger partial charge in [0.2, 0.25) is 0 Å². The average Bonchev–Trinajstić information content (AvgIpc) is 2.57. The number of piperazine rings is 1. The Labute approximate surface area is 152 Å². The van der Waals surface area contributed by atoms with Crippen molar-refractivity contribution < 1.29 is 4.39 Å². The van der Waals surface area contributed by atoms with E-state index in [1.165, 1.54) is 17.7 Å². The Kier molecular flexibility index (Phi) is 5.66. The van der Waals surface area contributed by atoms with E-state index in [2.05, 4.69) is 27.2 Å². The highest BCUT2D eigenvalue weighted by Gasteiger charge is 2.19. The molecule has 0 bridgehead atoms. The predicted octanol–water partition coefficient (Wildman–Crippen LogP) is 3.99. The molecule has 126 valence electrons. The van der Waals surface area contributed by atoms with E-state index in [-0.39, 0.29) is 5.82 Å². The molecule has 0 radical (unpaired) electrons. The largest absolute Gasteiger partial charge is 0.346 e. The minimum absolute atomic E-state index is 0.268. The van der Waals surface area contributed by atoms with E-state index in [0.717, 1.165) is 37.7 Å². The van der Waals surface area contributed by atoms with Gasteiger partial charge >= 0.3 is 0 Å². The molecule has 2 aromatic rings. The van der Waals surface area contributed by atoms with Crippen molar-refractivity contribution in [1.29, 1.82) is 0 Å². The van der Waals surface area contributed by atoms with Crippen LogP contribution in [0.5, 0.6) is 0 Å². The van der Waals surface area contributed by atoms with E-state index in [1.807, 2.05) is 18.2 Å².